The van der Waals surface area contributed by atoms with Crippen molar-refractivity contribution in [3.8, 4) is 0 Å². The fourth-order valence-electron chi connectivity index (χ4n) is 2.60. The number of likely N-dealkylation sites (tertiary alicyclic amines) is 1. The van der Waals surface area contributed by atoms with Crippen LogP contribution >= 0.6 is 0 Å². The van der Waals surface area contributed by atoms with E-state index in [1.807, 2.05) is 0 Å². The molecule has 0 aromatic rings. The molecule has 2 rings (SSSR count). The summed E-state index contributed by atoms with van der Waals surface area (Å²) in [7, 11) is -0.201. The Morgan fingerprint density at radius 2 is 1.50 bits per heavy atom. The molecular formula is C10H21N3O2S. The molecule has 0 amide bonds. The van der Waals surface area contributed by atoms with Gasteiger partial charge in [0.05, 0.1) is 0 Å². The van der Waals surface area contributed by atoms with E-state index in [4.69, 9.17) is 0 Å². The van der Waals surface area contributed by atoms with Gasteiger partial charge >= 0.3 is 0 Å². The van der Waals surface area contributed by atoms with Crippen LogP contribution in [0.2, 0.25) is 0 Å². The van der Waals surface area contributed by atoms with Crippen LogP contribution in [0.1, 0.15) is 12.8 Å². The molecular weight excluding hydrogens is 226 g/mol. The van der Waals surface area contributed by atoms with E-state index in [1.165, 1.54) is 25.9 Å². The molecule has 94 valence electrons. The molecule has 0 bridgehead atoms. The minimum absolute atomic E-state index is 0.669. The zero-order chi connectivity index (χ0) is 11.5. The summed E-state index contributed by atoms with van der Waals surface area (Å²) in [6.45, 7) is 5.48. The van der Waals surface area contributed by atoms with E-state index in [0.29, 0.717) is 19.1 Å². The average Bonchev–Trinajstić information content (AvgIpc) is 2.30. The molecule has 0 atom stereocenters. The lowest BCUT2D eigenvalue weighted by atomic mass is 10.0. The Balaban J connectivity index is 1.80. The summed E-state index contributed by atoms with van der Waals surface area (Å²) < 4.78 is 23.2. The topological polar surface area (TPSA) is 43.9 Å². The third kappa shape index (κ3) is 2.94. The Labute approximate surface area is 99.1 Å². The van der Waals surface area contributed by atoms with Crippen LogP contribution in [0.25, 0.3) is 0 Å². The third-order valence-electron chi connectivity index (χ3n) is 3.73. The highest BCUT2D eigenvalue weighted by Crippen LogP contribution is 2.17. The summed E-state index contributed by atoms with van der Waals surface area (Å²) in [6.07, 6.45) is 2.44. The van der Waals surface area contributed by atoms with Gasteiger partial charge in [-0.2, -0.15) is 0 Å². The summed E-state index contributed by atoms with van der Waals surface area (Å²) in [6, 6.07) is 0.669. The van der Waals surface area contributed by atoms with Crippen LogP contribution < -0.4 is 0 Å². The predicted molar refractivity (Wildman–Crippen MR) is 64.0 cm³/mol. The van der Waals surface area contributed by atoms with Gasteiger partial charge < -0.3 is 4.90 Å². The molecule has 0 aliphatic carbocycles. The maximum Gasteiger partial charge on any atom is 0.204 e. The van der Waals surface area contributed by atoms with Crippen molar-refractivity contribution >= 4 is 10.9 Å². The zero-order valence-corrected chi connectivity index (χ0v) is 10.7. The first-order valence-corrected chi connectivity index (χ1v) is 7.11. The lowest BCUT2D eigenvalue weighted by Crippen LogP contribution is -2.52. The molecule has 5 nitrogen and oxygen atoms in total. The van der Waals surface area contributed by atoms with E-state index in [2.05, 4.69) is 16.8 Å². The lowest BCUT2D eigenvalue weighted by Gasteiger charge is -2.40. The molecule has 0 aromatic carbocycles. The van der Waals surface area contributed by atoms with Gasteiger partial charge in [-0.15, -0.1) is 0 Å². The standard InChI is InChI=1S/C10H21N3O2S/c1-11-4-2-10(3-5-11)12-6-8-13(9-7-12)16(14)15/h10,16H,2-9H2,1H3. The Kier molecular flexibility index (Phi) is 4.18. The molecule has 2 heterocycles. The number of rotatable bonds is 2. The van der Waals surface area contributed by atoms with E-state index in [9.17, 15) is 8.42 Å². The highest BCUT2D eigenvalue weighted by atomic mass is 32.2. The molecule has 0 aromatic heterocycles. The van der Waals surface area contributed by atoms with Crippen molar-refractivity contribution in [1.82, 2.24) is 14.1 Å². The van der Waals surface area contributed by atoms with Crippen LogP contribution in [0.5, 0.6) is 0 Å². The molecule has 0 radical (unpaired) electrons. The van der Waals surface area contributed by atoms with Crippen molar-refractivity contribution < 1.29 is 8.42 Å². The first kappa shape index (κ1) is 12.3. The third-order valence-corrected chi connectivity index (χ3v) is 4.59. The SMILES string of the molecule is CN1CCC(N2CCN([SH](=O)=O)CC2)CC1. The Morgan fingerprint density at radius 1 is 0.938 bits per heavy atom. The zero-order valence-electron chi connectivity index (χ0n) is 9.84. The molecule has 2 saturated heterocycles. The van der Waals surface area contributed by atoms with Crippen molar-refractivity contribution in [2.75, 3.05) is 46.3 Å². The van der Waals surface area contributed by atoms with Crippen LogP contribution in [0.15, 0.2) is 0 Å². The fraction of sp³-hybridized carbons (Fsp3) is 1.00. The van der Waals surface area contributed by atoms with Crippen LogP contribution in [0.4, 0.5) is 0 Å². The van der Waals surface area contributed by atoms with Gasteiger partial charge in [-0.3, -0.25) is 4.90 Å². The van der Waals surface area contributed by atoms with Crippen molar-refractivity contribution in [3.05, 3.63) is 0 Å². The Bertz CT molecular complexity index is 284. The van der Waals surface area contributed by atoms with Gasteiger partial charge in [-0.1, -0.05) is 0 Å². The maximum absolute atomic E-state index is 10.8. The van der Waals surface area contributed by atoms with Crippen molar-refractivity contribution in [2.45, 2.75) is 18.9 Å². The minimum atomic E-state index is -2.36. The van der Waals surface area contributed by atoms with E-state index in [-0.39, 0.29) is 0 Å². The van der Waals surface area contributed by atoms with Gasteiger partial charge in [0.2, 0.25) is 10.9 Å². The summed E-state index contributed by atoms with van der Waals surface area (Å²) in [5.74, 6) is 0. The number of thiol groups is 1. The van der Waals surface area contributed by atoms with Crippen LogP contribution in [0, 0.1) is 0 Å². The number of piperidine rings is 1. The second kappa shape index (κ2) is 5.44. The molecule has 2 aliphatic heterocycles. The smallest absolute Gasteiger partial charge is 0.204 e. The first-order chi connectivity index (χ1) is 7.66. The summed E-state index contributed by atoms with van der Waals surface area (Å²) in [5.41, 5.74) is 0. The summed E-state index contributed by atoms with van der Waals surface area (Å²) >= 11 is 0. The van der Waals surface area contributed by atoms with E-state index >= 15 is 0 Å². The average molecular weight is 247 g/mol. The number of nitrogens with zero attached hydrogens (tertiary/aromatic N) is 3. The van der Waals surface area contributed by atoms with Gasteiger partial charge in [0.1, 0.15) is 0 Å². The van der Waals surface area contributed by atoms with E-state index < -0.39 is 10.9 Å². The van der Waals surface area contributed by atoms with Crippen LogP contribution in [0.3, 0.4) is 0 Å². The quantitative estimate of drug-likeness (QED) is 0.651. The molecule has 0 N–H and O–H groups in total. The van der Waals surface area contributed by atoms with Gasteiger partial charge in [0.25, 0.3) is 0 Å². The normalized spacial score (nSPS) is 27.6. The first-order valence-electron chi connectivity index (χ1n) is 5.98. The minimum Gasteiger partial charge on any atom is -0.306 e. The summed E-state index contributed by atoms with van der Waals surface area (Å²) in [4.78, 5) is 4.82. The monoisotopic (exact) mass is 247 g/mol. The molecule has 2 aliphatic rings. The highest BCUT2D eigenvalue weighted by Gasteiger charge is 2.26. The van der Waals surface area contributed by atoms with Crippen molar-refractivity contribution in [2.24, 2.45) is 0 Å². The lowest BCUT2D eigenvalue weighted by molar-refractivity contribution is 0.0901. The molecule has 6 heteroatoms. The van der Waals surface area contributed by atoms with Gasteiger partial charge in [-0.25, -0.2) is 12.7 Å². The Hall–Kier alpha value is -0.170. The summed E-state index contributed by atoms with van der Waals surface area (Å²) in [5, 5.41) is 0. The number of hydrogen-bond donors (Lipinski definition) is 1. The predicted octanol–water partition coefficient (Wildman–Crippen LogP) is -0.775. The maximum atomic E-state index is 10.8. The number of piperazine rings is 1. The molecule has 2 fully saturated rings. The van der Waals surface area contributed by atoms with Crippen LogP contribution in [-0.4, -0.2) is 74.9 Å². The van der Waals surface area contributed by atoms with E-state index in [1.54, 1.807) is 4.31 Å². The van der Waals surface area contributed by atoms with Gasteiger partial charge in [0, 0.05) is 32.2 Å². The van der Waals surface area contributed by atoms with Gasteiger partial charge in [-0.05, 0) is 33.0 Å². The number of hydrogen-bond acceptors (Lipinski definition) is 4. The molecule has 0 saturated carbocycles. The second-order valence-corrected chi connectivity index (χ2v) is 5.80. The van der Waals surface area contributed by atoms with Crippen molar-refractivity contribution in [1.29, 1.82) is 0 Å². The second-order valence-electron chi connectivity index (χ2n) is 4.76. The van der Waals surface area contributed by atoms with Crippen LogP contribution in [-0.2, 0) is 10.9 Å². The Morgan fingerprint density at radius 3 is 2.00 bits per heavy atom. The highest BCUT2D eigenvalue weighted by molar-refractivity contribution is 7.69. The molecule has 16 heavy (non-hydrogen) atoms. The largest absolute Gasteiger partial charge is 0.306 e. The fourth-order valence-corrected chi connectivity index (χ4v) is 3.11. The van der Waals surface area contributed by atoms with Crippen molar-refractivity contribution in [3.63, 3.8) is 0 Å². The molecule has 0 unspecified atom stereocenters. The van der Waals surface area contributed by atoms with E-state index in [0.717, 1.165) is 13.1 Å². The molecule has 0 spiro atoms. The van der Waals surface area contributed by atoms with Gasteiger partial charge in [0.15, 0.2) is 0 Å².